The molecule has 0 bridgehead atoms. The van der Waals surface area contributed by atoms with Crippen LogP contribution in [-0.2, 0) is 19.5 Å². The summed E-state index contributed by atoms with van der Waals surface area (Å²) < 4.78 is 152. The molecule has 3 atom stereocenters. The minimum Gasteiger partial charge on any atom is -0.494 e. The van der Waals surface area contributed by atoms with Gasteiger partial charge in [0.15, 0.2) is 11.6 Å². The van der Waals surface area contributed by atoms with Crippen LogP contribution in [0, 0.1) is 5.82 Å². The Bertz CT molecular complexity index is 2030. The zero-order valence-electron chi connectivity index (χ0n) is 28.6. The van der Waals surface area contributed by atoms with Gasteiger partial charge in [-0.05, 0) is 25.1 Å². The molecule has 1 saturated heterocycles. The van der Waals surface area contributed by atoms with Crippen LogP contribution in [0.2, 0.25) is 0 Å². The van der Waals surface area contributed by atoms with Gasteiger partial charge in [0, 0.05) is 12.0 Å². The smallest absolute Gasteiger partial charge is 0.429 e. The lowest BCUT2D eigenvalue weighted by Crippen LogP contribution is -2.60. The second-order valence-corrected chi connectivity index (χ2v) is 13.8. The highest BCUT2D eigenvalue weighted by Gasteiger charge is 2.71. The van der Waals surface area contributed by atoms with E-state index in [1.54, 1.807) is 0 Å². The van der Waals surface area contributed by atoms with Gasteiger partial charge in [-0.2, -0.15) is 26.3 Å². The molecule has 1 aliphatic rings. The van der Waals surface area contributed by atoms with Gasteiger partial charge < -0.3 is 28.8 Å². The van der Waals surface area contributed by atoms with Crippen molar-refractivity contribution in [2.45, 2.75) is 49.1 Å². The number of pyridine rings is 1. The Hall–Kier alpha value is -4.87. The fourth-order valence-corrected chi connectivity index (χ4v) is 6.32. The van der Waals surface area contributed by atoms with Crippen molar-refractivity contribution in [3.8, 4) is 34.6 Å². The first-order valence-electron chi connectivity index (χ1n) is 15.7. The highest BCUT2D eigenvalue weighted by molar-refractivity contribution is 7.93. The van der Waals surface area contributed by atoms with Gasteiger partial charge in [-0.15, -0.1) is 10.2 Å². The van der Waals surface area contributed by atoms with Crippen LogP contribution >= 0.6 is 0 Å². The van der Waals surface area contributed by atoms with Crippen molar-refractivity contribution in [3.63, 3.8) is 0 Å². The van der Waals surface area contributed by atoms with Crippen molar-refractivity contribution in [3.05, 3.63) is 59.9 Å². The molecule has 2 unspecified atom stereocenters. The monoisotopic (exact) mass is 795 g/mol. The number of sulfonamides is 1. The summed E-state index contributed by atoms with van der Waals surface area (Å²) in [6.07, 6.45) is -12.3. The number of nitrogens with zero attached hydrogens (tertiary/aromatic N) is 6. The molecule has 0 spiro atoms. The Morgan fingerprint density at radius 2 is 1.63 bits per heavy atom. The maximum absolute atomic E-state index is 14.7. The van der Waals surface area contributed by atoms with Crippen LogP contribution < -0.4 is 18.9 Å². The summed E-state index contributed by atoms with van der Waals surface area (Å²) in [7, 11) is -1.91. The van der Waals surface area contributed by atoms with Crippen LogP contribution in [0.5, 0.6) is 17.4 Å². The number of nitrogens with one attached hydrogen (secondary N) is 1. The number of rotatable bonds is 13. The molecule has 15 nitrogen and oxygen atoms in total. The van der Waals surface area contributed by atoms with Crippen molar-refractivity contribution in [2.75, 3.05) is 45.4 Å². The summed E-state index contributed by atoms with van der Waals surface area (Å²) in [5, 5.41) is 16.2. The van der Waals surface area contributed by atoms with Crippen molar-refractivity contribution < 1.29 is 67.9 Å². The molecule has 3 aromatic heterocycles. The molecule has 0 amide bonds. The van der Waals surface area contributed by atoms with E-state index in [4.69, 9.17) is 23.7 Å². The van der Waals surface area contributed by atoms with Crippen LogP contribution in [0.4, 0.5) is 36.7 Å². The molecule has 0 saturated carbocycles. The molecule has 1 aromatic carbocycles. The second-order valence-electron chi connectivity index (χ2n) is 11.7. The fourth-order valence-electron chi connectivity index (χ4n) is 5.09. The number of aromatic nitrogens is 6. The Morgan fingerprint density at radius 3 is 2.22 bits per heavy atom. The third-order valence-electron chi connectivity index (χ3n) is 8.35. The SMILES string of the molecule is COc1cccc(OC)c1-n1c(NS(=O)(=O)C(C)C(C)c2ncc(F)c([C@H]3COCCO3)n2)nnc1-c1cccc(OCC(O)(C(F)(F)F)C(F)(F)F)n1. The fraction of sp³-hybridized carbons (Fsp3) is 0.452. The van der Waals surface area contributed by atoms with Gasteiger partial charge in [0.2, 0.25) is 21.9 Å². The molecule has 1 fully saturated rings. The Balaban J connectivity index is 1.53. The molecular weight excluding hydrogens is 763 g/mol. The van der Waals surface area contributed by atoms with Crippen LogP contribution in [0.25, 0.3) is 17.2 Å². The highest BCUT2D eigenvalue weighted by Crippen LogP contribution is 2.43. The number of anilines is 1. The molecule has 1 aliphatic heterocycles. The summed E-state index contributed by atoms with van der Waals surface area (Å²) in [6.45, 7) is 1.05. The Kier molecular flexibility index (Phi) is 11.6. The van der Waals surface area contributed by atoms with Gasteiger partial charge in [-0.25, -0.2) is 27.8 Å². The van der Waals surface area contributed by atoms with E-state index >= 15 is 0 Å². The van der Waals surface area contributed by atoms with E-state index in [0.717, 1.165) is 22.9 Å². The van der Waals surface area contributed by atoms with Crippen molar-refractivity contribution in [1.82, 2.24) is 29.7 Å². The first-order chi connectivity index (χ1) is 25.3. The van der Waals surface area contributed by atoms with E-state index < -0.39 is 69.5 Å². The quantitative estimate of drug-likeness (QED) is 0.180. The number of methoxy groups -OCH3 is 2. The zero-order valence-corrected chi connectivity index (χ0v) is 29.5. The molecule has 4 heterocycles. The Labute approximate surface area is 302 Å². The normalized spacial score (nSPS) is 16.8. The van der Waals surface area contributed by atoms with Gasteiger partial charge in [0.1, 0.15) is 47.1 Å². The maximum atomic E-state index is 14.7. The molecule has 294 valence electrons. The van der Waals surface area contributed by atoms with E-state index in [-0.39, 0.29) is 53.4 Å². The lowest BCUT2D eigenvalue weighted by atomic mass is 10.0. The average molecular weight is 796 g/mol. The Morgan fingerprint density at radius 1 is 0.981 bits per heavy atom. The maximum Gasteiger partial charge on any atom is 0.429 e. The number of benzene rings is 1. The minimum absolute atomic E-state index is 0.00116. The highest BCUT2D eigenvalue weighted by atomic mass is 32.2. The zero-order chi connectivity index (χ0) is 39.6. The molecule has 2 N–H and O–H groups in total. The van der Waals surface area contributed by atoms with Crippen LogP contribution in [0.15, 0.2) is 42.6 Å². The number of hydrogen-bond acceptors (Lipinski definition) is 13. The summed E-state index contributed by atoms with van der Waals surface area (Å²) in [5.74, 6) is -3.23. The number of ether oxygens (including phenoxy) is 5. The molecular formula is C31H32F7N7O8S. The van der Waals surface area contributed by atoms with E-state index in [1.165, 1.54) is 52.3 Å². The van der Waals surface area contributed by atoms with Crippen LogP contribution in [0.1, 0.15) is 37.4 Å². The lowest BCUT2D eigenvalue weighted by molar-refractivity contribution is -0.373. The van der Waals surface area contributed by atoms with E-state index in [9.17, 15) is 44.3 Å². The summed E-state index contributed by atoms with van der Waals surface area (Å²) in [6, 6.07) is 7.77. The molecule has 4 aromatic rings. The third-order valence-corrected chi connectivity index (χ3v) is 10.2. The van der Waals surface area contributed by atoms with Crippen molar-refractivity contribution in [2.24, 2.45) is 0 Å². The predicted octanol–water partition coefficient (Wildman–Crippen LogP) is 4.53. The van der Waals surface area contributed by atoms with E-state index in [1.807, 2.05) is 0 Å². The number of hydrogen-bond donors (Lipinski definition) is 2. The minimum atomic E-state index is -6.16. The van der Waals surface area contributed by atoms with Crippen LogP contribution in [-0.4, -0.2) is 107 Å². The number of alkyl halides is 6. The van der Waals surface area contributed by atoms with Crippen molar-refractivity contribution in [1.29, 1.82) is 0 Å². The van der Waals surface area contributed by atoms with Gasteiger partial charge in [-0.3, -0.25) is 9.29 Å². The molecule has 5 rings (SSSR count). The topological polar surface area (TPSA) is 182 Å². The van der Waals surface area contributed by atoms with Gasteiger partial charge in [0.25, 0.3) is 5.60 Å². The van der Waals surface area contributed by atoms with E-state index in [2.05, 4.69) is 29.9 Å². The van der Waals surface area contributed by atoms with E-state index in [0.29, 0.717) is 6.61 Å². The van der Waals surface area contributed by atoms with Crippen molar-refractivity contribution >= 4 is 16.0 Å². The van der Waals surface area contributed by atoms with Gasteiger partial charge in [-0.1, -0.05) is 19.1 Å². The summed E-state index contributed by atoms with van der Waals surface area (Å²) in [4.78, 5) is 12.2. The van der Waals surface area contributed by atoms with Gasteiger partial charge >= 0.3 is 12.4 Å². The number of para-hydroxylation sites is 1. The first kappa shape index (κ1) is 40.3. The average Bonchev–Trinajstić information content (AvgIpc) is 3.54. The second kappa shape index (κ2) is 15.5. The number of aliphatic hydroxyl groups is 1. The number of halogens is 7. The summed E-state index contributed by atoms with van der Waals surface area (Å²) in [5.41, 5.74) is -5.64. The molecule has 54 heavy (non-hydrogen) atoms. The lowest BCUT2D eigenvalue weighted by Gasteiger charge is -2.31. The van der Waals surface area contributed by atoms with Gasteiger partial charge in [0.05, 0.1) is 45.5 Å². The van der Waals surface area contributed by atoms with Crippen LogP contribution in [0.3, 0.4) is 0 Å². The standard InChI is InChI=1S/C31H32F7N7O8S/c1-16(26-39-13-18(32)24(41-26)22-14-51-11-12-52-22)17(2)54(47,48)44-28-43-42-27(45(28)25-20(49-3)8-6-9-21(25)50-4)19-7-5-10-23(40-19)53-15-29(46,30(33,34)35)31(36,37)38/h5-10,13,16-17,22,46H,11-12,14-15H2,1-4H3,(H,43,44)/t16?,17?,22-/m1/s1. The molecule has 23 heteroatoms. The summed E-state index contributed by atoms with van der Waals surface area (Å²) >= 11 is 0. The third kappa shape index (κ3) is 7.98. The predicted molar refractivity (Wildman–Crippen MR) is 172 cm³/mol. The first-order valence-corrected chi connectivity index (χ1v) is 17.2. The molecule has 0 aliphatic carbocycles. The molecule has 0 radical (unpaired) electrons. The largest absolute Gasteiger partial charge is 0.494 e.